The molecule has 1 amide bonds. The van der Waals surface area contributed by atoms with Crippen molar-refractivity contribution in [3.8, 4) is 5.75 Å². The summed E-state index contributed by atoms with van der Waals surface area (Å²) in [5.74, 6) is -0.627. The molecule has 0 aliphatic heterocycles. The van der Waals surface area contributed by atoms with E-state index in [9.17, 15) is 9.59 Å². The van der Waals surface area contributed by atoms with Crippen LogP contribution in [-0.2, 0) is 11.3 Å². The number of rotatable bonds is 6. The lowest BCUT2D eigenvalue weighted by Gasteiger charge is -2.08. The zero-order valence-corrected chi connectivity index (χ0v) is 18.6. The van der Waals surface area contributed by atoms with E-state index in [1.54, 1.807) is 53.2 Å². The van der Waals surface area contributed by atoms with Gasteiger partial charge in [-0.1, -0.05) is 35.9 Å². The molecule has 0 unspecified atom stereocenters. The average Bonchev–Trinajstić information content (AvgIpc) is 2.96. The third kappa shape index (κ3) is 5.14. The molecule has 1 N–H and O–H groups in total. The van der Waals surface area contributed by atoms with E-state index in [1.807, 2.05) is 13.8 Å². The van der Waals surface area contributed by atoms with Gasteiger partial charge in [0.15, 0.2) is 0 Å². The molecule has 0 fully saturated rings. The van der Waals surface area contributed by atoms with Gasteiger partial charge in [-0.2, -0.15) is 10.2 Å². The fourth-order valence-electron chi connectivity index (χ4n) is 2.64. The molecule has 9 heteroatoms. The van der Waals surface area contributed by atoms with Crippen LogP contribution in [0.4, 0.5) is 0 Å². The van der Waals surface area contributed by atoms with Crippen molar-refractivity contribution >= 4 is 45.6 Å². The minimum atomic E-state index is -0.583. The lowest BCUT2D eigenvalue weighted by molar-refractivity contribution is -0.121. The normalized spacial score (nSPS) is 10.9. The van der Waals surface area contributed by atoms with Crippen molar-refractivity contribution in [2.45, 2.75) is 20.4 Å². The molecule has 0 bridgehead atoms. The molecule has 0 aliphatic rings. The van der Waals surface area contributed by atoms with Crippen molar-refractivity contribution in [1.82, 2.24) is 15.2 Å². The molecule has 3 aromatic rings. The van der Waals surface area contributed by atoms with Crippen molar-refractivity contribution in [3.63, 3.8) is 0 Å². The zero-order chi connectivity index (χ0) is 21.7. The second-order valence-electron chi connectivity index (χ2n) is 6.34. The minimum absolute atomic E-state index is 0.0265. The van der Waals surface area contributed by atoms with E-state index in [0.717, 1.165) is 15.9 Å². The van der Waals surface area contributed by atoms with Gasteiger partial charge in [0.05, 0.1) is 32.7 Å². The molecule has 0 saturated carbocycles. The van der Waals surface area contributed by atoms with Crippen LogP contribution in [0.2, 0.25) is 5.02 Å². The number of amides is 1. The predicted molar refractivity (Wildman–Crippen MR) is 118 cm³/mol. The van der Waals surface area contributed by atoms with Crippen LogP contribution < -0.4 is 10.2 Å². The Balaban J connectivity index is 1.66. The summed E-state index contributed by atoms with van der Waals surface area (Å²) in [7, 11) is 0. The van der Waals surface area contributed by atoms with Gasteiger partial charge in [0, 0.05) is 5.56 Å². The summed E-state index contributed by atoms with van der Waals surface area (Å²) in [6.07, 6.45) is 1.41. The number of aryl methyl sites for hydroxylation is 1. The number of benzene rings is 2. The number of halogens is 2. The number of hydrazone groups is 1. The number of ether oxygens (including phenoxy) is 1. The zero-order valence-electron chi connectivity index (χ0n) is 16.2. The Hall–Kier alpha value is -2.97. The number of para-hydroxylation sites is 1. The topological polar surface area (TPSA) is 85.6 Å². The molecule has 0 radical (unpaired) electrons. The second kappa shape index (κ2) is 9.69. The van der Waals surface area contributed by atoms with E-state index >= 15 is 0 Å². The van der Waals surface area contributed by atoms with Gasteiger partial charge in [-0.05, 0) is 54.0 Å². The molecule has 7 nitrogen and oxygen atoms in total. The standard InChI is InChI=1S/C21H18BrClN4O3/c1-13-20(22)14(2)27(26-13)12-19(28)25-24-11-15-7-3-6-10-18(15)30-21(29)16-8-4-5-9-17(16)23/h3-11H,12H2,1-2H3,(H,25,28)/b24-11+. The van der Waals surface area contributed by atoms with Crippen LogP contribution >= 0.6 is 27.5 Å². The van der Waals surface area contributed by atoms with Crippen molar-refractivity contribution in [1.29, 1.82) is 0 Å². The number of carbonyl (C=O) groups excluding carboxylic acids is 2. The van der Waals surface area contributed by atoms with Gasteiger partial charge in [0.25, 0.3) is 5.91 Å². The largest absolute Gasteiger partial charge is 0.422 e. The highest BCUT2D eigenvalue weighted by molar-refractivity contribution is 9.10. The van der Waals surface area contributed by atoms with Gasteiger partial charge < -0.3 is 4.74 Å². The molecule has 0 spiro atoms. The first-order valence-corrected chi connectivity index (χ1v) is 10.1. The van der Waals surface area contributed by atoms with Crippen LogP contribution in [0, 0.1) is 13.8 Å². The number of esters is 1. The maximum Gasteiger partial charge on any atom is 0.345 e. The molecule has 0 saturated heterocycles. The van der Waals surface area contributed by atoms with E-state index in [-0.39, 0.29) is 18.0 Å². The fraction of sp³-hybridized carbons (Fsp3) is 0.143. The van der Waals surface area contributed by atoms with Gasteiger partial charge in [-0.25, -0.2) is 10.2 Å². The smallest absolute Gasteiger partial charge is 0.345 e. The summed E-state index contributed by atoms with van der Waals surface area (Å²) in [5.41, 5.74) is 4.88. The van der Waals surface area contributed by atoms with Crippen molar-refractivity contribution in [2.75, 3.05) is 0 Å². The van der Waals surface area contributed by atoms with E-state index in [0.29, 0.717) is 16.3 Å². The molecule has 1 heterocycles. The molecule has 2 aromatic carbocycles. The molecule has 1 aromatic heterocycles. The summed E-state index contributed by atoms with van der Waals surface area (Å²) in [6, 6.07) is 13.5. The molecule has 3 rings (SSSR count). The Bertz CT molecular complexity index is 1130. The van der Waals surface area contributed by atoms with E-state index in [4.69, 9.17) is 16.3 Å². The number of hydrogen-bond acceptors (Lipinski definition) is 5. The predicted octanol–water partition coefficient (Wildman–Crippen LogP) is 4.29. The van der Waals surface area contributed by atoms with Gasteiger partial charge >= 0.3 is 5.97 Å². The molecular weight excluding hydrogens is 472 g/mol. The third-order valence-electron chi connectivity index (χ3n) is 4.19. The van der Waals surface area contributed by atoms with Crippen molar-refractivity contribution in [2.24, 2.45) is 5.10 Å². The SMILES string of the molecule is Cc1nn(CC(=O)N/N=C/c2ccccc2OC(=O)c2ccccc2Cl)c(C)c1Br. The van der Waals surface area contributed by atoms with Crippen molar-refractivity contribution < 1.29 is 14.3 Å². The highest BCUT2D eigenvalue weighted by Crippen LogP contribution is 2.21. The summed E-state index contributed by atoms with van der Waals surface area (Å²) in [5, 5.41) is 8.55. The number of hydrogen-bond donors (Lipinski definition) is 1. The highest BCUT2D eigenvalue weighted by atomic mass is 79.9. The van der Waals surface area contributed by atoms with Gasteiger partial charge in [0.2, 0.25) is 0 Å². The van der Waals surface area contributed by atoms with Crippen LogP contribution in [0.3, 0.4) is 0 Å². The van der Waals surface area contributed by atoms with Crippen LogP contribution in [-0.4, -0.2) is 27.9 Å². The van der Waals surface area contributed by atoms with Crippen LogP contribution in [0.1, 0.15) is 27.3 Å². The summed E-state index contributed by atoms with van der Waals surface area (Å²) in [6.45, 7) is 3.74. The van der Waals surface area contributed by atoms with Gasteiger partial charge in [-0.3, -0.25) is 9.48 Å². The number of nitrogens with one attached hydrogen (secondary N) is 1. The Morgan fingerprint density at radius 1 is 1.20 bits per heavy atom. The Labute approximate surface area is 186 Å². The van der Waals surface area contributed by atoms with Crippen LogP contribution in [0.5, 0.6) is 5.75 Å². The Morgan fingerprint density at radius 2 is 1.90 bits per heavy atom. The summed E-state index contributed by atoms with van der Waals surface area (Å²) < 4.78 is 7.91. The molecule has 0 aliphatic carbocycles. The first kappa shape index (κ1) is 21.7. The lowest BCUT2D eigenvalue weighted by Crippen LogP contribution is -2.24. The first-order chi connectivity index (χ1) is 14.4. The van der Waals surface area contributed by atoms with E-state index in [2.05, 4.69) is 31.6 Å². The monoisotopic (exact) mass is 488 g/mol. The quantitative estimate of drug-likeness (QED) is 0.242. The number of carbonyl (C=O) groups is 2. The summed E-state index contributed by atoms with van der Waals surface area (Å²) in [4.78, 5) is 24.6. The van der Waals surface area contributed by atoms with Crippen LogP contribution in [0.25, 0.3) is 0 Å². The van der Waals surface area contributed by atoms with Gasteiger partial charge in [0.1, 0.15) is 12.3 Å². The third-order valence-corrected chi connectivity index (χ3v) is 5.67. The highest BCUT2D eigenvalue weighted by Gasteiger charge is 2.14. The maximum atomic E-state index is 12.4. The maximum absolute atomic E-state index is 12.4. The molecule has 30 heavy (non-hydrogen) atoms. The van der Waals surface area contributed by atoms with E-state index in [1.165, 1.54) is 6.21 Å². The Kier molecular flexibility index (Phi) is 7.02. The van der Waals surface area contributed by atoms with Gasteiger partial charge in [-0.15, -0.1) is 0 Å². The summed E-state index contributed by atoms with van der Waals surface area (Å²) >= 11 is 9.48. The number of nitrogens with zero attached hydrogens (tertiary/aromatic N) is 3. The lowest BCUT2D eigenvalue weighted by atomic mass is 10.2. The molecular formula is C21H18BrClN4O3. The van der Waals surface area contributed by atoms with E-state index < -0.39 is 5.97 Å². The second-order valence-corrected chi connectivity index (χ2v) is 7.54. The fourth-order valence-corrected chi connectivity index (χ4v) is 3.13. The first-order valence-electron chi connectivity index (χ1n) is 8.94. The number of aromatic nitrogens is 2. The Morgan fingerprint density at radius 3 is 2.60 bits per heavy atom. The molecule has 154 valence electrons. The minimum Gasteiger partial charge on any atom is -0.422 e. The molecule has 0 atom stereocenters. The van der Waals surface area contributed by atoms with Crippen molar-refractivity contribution in [3.05, 3.63) is 80.5 Å². The van der Waals surface area contributed by atoms with Crippen LogP contribution in [0.15, 0.2) is 58.1 Å². The average molecular weight is 490 g/mol.